The number of amides is 1. The summed E-state index contributed by atoms with van der Waals surface area (Å²) >= 11 is 1.55. The standard InChI is InChI=1S/C16H27N3OS.ClH/c1-2-10-19(11-13-6-4-3-5-7-13)16(20)14-12-21-15(18-14)8-9-17;/h12-13H,2-11,17H2,1H3;1H. The lowest BCUT2D eigenvalue weighted by Gasteiger charge is -2.29. The summed E-state index contributed by atoms with van der Waals surface area (Å²) in [6, 6.07) is 0. The average molecular weight is 346 g/mol. The van der Waals surface area contributed by atoms with Crippen LogP contribution in [0.15, 0.2) is 5.38 Å². The first-order valence-corrected chi connectivity index (χ1v) is 9.06. The molecule has 1 heterocycles. The number of carbonyl (C=O) groups is 1. The SMILES string of the molecule is CCCN(CC1CCCCC1)C(=O)c1csc(CCN)n1.Cl. The summed E-state index contributed by atoms with van der Waals surface area (Å²) in [4.78, 5) is 19.1. The second-order valence-corrected chi connectivity index (χ2v) is 6.86. The molecule has 1 aliphatic carbocycles. The second kappa shape index (κ2) is 10.2. The van der Waals surface area contributed by atoms with Crippen LogP contribution in [0.3, 0.4) is 0 Å². The quantitative estimate of drug-likeness (QED) is 0.822. The number of hydrogen-bond acceptors (Lipinski definition) is 4. The van der Waals surface area contributed by atoms with Gasteiger partial charge in [0.25, 0.3) is 5.91 Å². The zero-order valence-electron chi connectivity index (χ0n) is 13.4. The van der Waals surface area contributed by atoms with Crippen LogP contribution in [0.25, 0.3) is 0 Å². The number of nitrogens with two attached hydrogens (primary N) is 1. The van der Waals surface area contributed by atoms with Gasteiger partial charge in [-0.15, -0.1) is 23.7 Å². The van der Waals surface area contributed by atoms with E-state index in [-0.39, 0.29) is 18.3 Å². The Morgan fingerprint density at radius 1 is 1.41 bits per heavy atom. The topological polar surface area (TPSA) is 59.2 Å². The van der Waals surface area contributed by atoms with Crippen LogP contribution in [0.2, 0.25) is 0 Å². The Bertz CT molecular complexity index is 446. The van der Waals surface area contributed by atoms with Gasteiger partial charge >= 0.3 is 0 Å². The molecule has 1 aromatic rings. The highest BCUT2D eigenvalue weighted by Gasteiger charge is 2.22. The zero-order chi connectivity index (χ0) is 15.1. The maximum Gasteiger partial charge on any atom is 0.273 e. The summed E-state index contributed by atoms with van der Waals surface area (Å²) in [5.74, 6) is 0.776. The Balaban J connectivity index is 0.00000242. The molecule has 0 saturated heterocycles. The molecular weight excluding hydrogens is 318 g/mol. The van der Waals surface area contributed by atoms with Crippen molar-refractivity contribution in [3.63, 3.8) is 0 Å². The summed E-state index contributed by atoms with van der Waals surface area (Å²) in [5.41, 5.74) is 6.15. The van der Waals surface area contributed by atoms with Gasteiger partial charge in [-0.3, -0.25) is 4.79 Å². The molecule has 1 aromatic heterocycles. The number of halogens is 1. The van der Waals surface area contributed by atoms with Crippen molar-refractivity contribution in [2.24, 2.45) is 11.7 Å². The van der Waals surface area contributed by atoms with Gasteiger partial charge in [-0.05, 0) is 31.7 Å². The molecule has 0 aromatic carbocycles. The summed E-state index contributed by atoms with van der Waals surface area (Å²) in [7, 11) is 0. The number of rotatable bonds is 7. The Hall–Kier alpha value is -0.650. The van der Waals surface area contributed by atoms with Crippen molar-refractivity contribution in [2.75, 3.05) is 19.6 Å². The highest BCUT2D eigenvalue weighted by molar-refractivity contribution is 7.09. The highest BCUT2D eigenvalue weighted by atomic mass is 35.5. The fraction of sp³-hybridized carbons (Fsp3) is 0.750. The molecule has 2 rings (SSSR count). The molecule has 1 fully saturated rings. The Kier molecular flexibility index (Phi) is 8.98. The monoisotopic (exact) mass is 345 g/mol. The predicted molar refractivity (Wildman–Crippen MR) is 94.9 cm³/mol. The van der Waals surface area contributed by atoms with E-state index in [1.165, 1.54) is 32.1 Å². The maximum absolute atomic E-state index is 12.7. The molecular formula is C16H28ClN3OS. The van der Waals surface area contributed by atoms with Crippen molar-refractivity contribution in [3.05, 3.63) is 16.1 Å². The average Bonchev–Trinajstić information content (AvgIpc) is 2.96. The molecule has 0 atom stereocenters. The van der Waals surface area contributed by atoms with Crippen LogP contribution in [0.1, 0.15) is 60.9 Å². The maximum atomic E-state index is 12.7. The Morgan fingerprint density at radius 2 is 2.14 bits per heavy atom. The Morgan fingerprint density at radius 3 is 2.77 bits per heavy atom. The van der Waals surface area contributed by atoms with Crippen molar-refractivity contribution in [1.29, 1.82) is 0 Å². The summed E-state index contributed by atoms with van der Waals surface area (Å²) in [5, 5.41) is 2.85. The van der Waals surface area contributed by atoms with Crippen molar-refractivity contribution < 1.29 is 4.79 Å². The van der Waals surface area contributed by atoms with Gasteiger partial charge in [0.1, 0.15) is 5.69 Å². The van der Waals surface area contributed by atoms with Crippen LogP contribution in [0.4, 0.5) is 0 Å². The second-order valence-electron chi connectivity index (χ2n) is 5.92. The summed E-state index contributed by atoms with van der Waals surface area (Å²) < 4.78 is 0. The Labute approximate surface area is 143 Å². The zero-order valence-corrected chi connectivity index (χ0v) is 15.1. The molecule has 0 spiro atoms. The van der Waals surface area contributed by atoms with Gasteiger partial charge in [-0.2, -0.15) is 0 Å². The third-order valence-electron chi connectivity index (χ3n) is 4.11. The van der Waals surface area contributed by atoms with Crippen LogP contribution in [-0.4, -0.2) is 35.4 Å². The molecule has 22 heavy (non-hydrogen) atoms. The van der Waals surface area contributed by atoms with Gasteiger partial charge in [0.2, 0.25) is 0 Å². The minimum absolute atomic E-state index is 0. The molecule has 0 aliphatic heterocycles. The minimum Gasteiger partial charge on any atom is -0.337 e. The lowest BCUT2D eigenvalue weighted by Crippen LogP contribution is -2.36. The number of thiazole rings is 1. The number of hydrogen-bond donors (Lipinski definition) is 1. The lowest BCUT2D eigenvalue weighted by atomic mass is 9.89. The summed E-state index contributed by atoms with van der Waals surface area (Å²) in [6.07, 6.45) is 8.28. The third kappa shape index (κ3) is 5.52. The molecule has 1 saturated carbocycles. The van der Waals surface area contributed by atoms with E-state index in [0.717, 1.165) is 30.9 Å². The van der Waals surface area contributed by atoms with Gasteiger partial charge in [0.05, 0.1) is 5.01 Å². The van der Waals surface area contributed by atoms with Gasteiger partial charge < -0.3 is 10.6 Å². The van der Waals surface area contributed by atoms with Gasteiger partial charge in [-0.1, -0.05) is 26.2 Å². The van der Waals surface area contributed by atoms with E-state index in [1.807, 2.05) is 10.3 Å². The van der Waals surface area contributed by atoms with Crippen LogP contribution in [0.5, 0.6) is 0 Å². The molecule has 0 bridgehead atoms. The first kappa shape index (κ1) is 19.4. The lowest BCUT2D eigenvalue weighted by molar-refractivity contribution is 0.0708. The van der Waals surface area contributed by atoms with E-state index < -0.39 is 0 Å². The van der Waals surface area contributed by atoms with E-state index in [2.05, 4.69) is 11.9 Å². The molecule has 0 radical (unpaired) electrons. The van der Waals surface area contributed by atoms with Crippen molar-refractivity contribution in [1.82, 2.24) is 9.88 Å². The normalized spacial score (nSPS) is 15.4. The molecule has 2 N–H and O–H groups in total. The first-order valence-electron chi connectivity index (χ1n) is 8.18. The van der Waals surface area contributed by atoms with Crippen LogP contribution < -0.4 is 5.73 Å². The van der Waals surface area contributed by atoms with E-state index in [1.54, 1.807) is 11.3 Å². The number of nitrogens with zero attached hydrogens (tertiary/aromatic N) is 2. The number of aromatic nitrogens is 1. The van der Waals surface area contributed by atoms with Gasteiger partial charge in [0.15, 0.2) is 0 Å². The molecule has 1 amide bonds. The smallest absolute Gasteiger partial charge is 0.273 e. The van der Waals surface area contributed by atoms with E-state index in [4.69, 9.17) is 5.73 Å². The van der Waals surface area contributed by atoms with Crippen molar-refractivity contribution >= 4 is 29.7 Å². The molecule has 6 heteroatoms. The van der Waals surface area contributed by atoms with Crippen LogP contribution >= 0.6 is 23.7 Å². The van der Waals surface area contributed by atoms with E-state index in [9.17, 15) is 4.79 Å². The summed E-state index contributed by atoms with van der Waals surface area (Å²) in [6.45, 7) is 4.44. The molecule has 0 unspecified atom stereocenters. The van der Waals surface area contributed by atoms with Crippen molar-refractivity contribution in [3.8, 4) is 0 Å². The largest absolute Gasteiger partial charge is 0.337 e. The van der Waals surface area contributed by atoms with Gasteiger partial charge in [-0.25, -0.2) is 4.98 Å². The van der Waals surface area contributed by atoms with E-state index >= 15 is 0 Å². The predicted octanol–water partition coefficient (Wildman–Crippen LogP) is 3.50. The van der Waals surface area contributed by atoms with E-state index in [0.29, 0.717) is 18.2 Å². The number of carbonyl (C=O) groups excluding carboxylic acids is 1. The van der Waals surface area contributed by atoms with Crippen molar-refractivity contribution in [2.45, 2.75) is 51.9 Å². The fourth-order valence-electron chi connectivity index (χ4n) is 3.04. The first-order chi connectivity index (χ1) is 10.2. The minimum atomic E-state index is 0. The highest BCUT2D eigenvalue weighted by Crippen LogP contribution is 2.25. The molecule has 126 valence electrons. The van der Waals surface area contributed by atoms with Crippen LogP contribution in [0, 0.1) is 5.92 Å². The third-order valence-corrected chi connectivity index (χ3v) is 5.02. The van der Waals surface area contributed by atoms with Gasteiger partial charge in [0, 0.05) is 24.9 Å². The van der Waals surface area contributed by atoms with Crippen LogP contribution in [-0.2, 0) is 6.42 Å². The fourth-order valence-corrected chi connectivity index (χ4v) is 3.82. The molecule has 4 nitrogen and oxygen atoms in total. The molecule has 1 aliphatic rings.